The lowest BCUT2D eigenvalue weighted by molar-refractivity contribution is -0.135. The first kappa shape index (κ1) is 19.5. The molecule has 1 N–H and O–H groups in total. The van der Waals surface area contributed by atoms with Crippen molar-refractivity contribution in [2.45, 2.75) is 39.2 Å². The highest BCUT2D eigenvalue weighted by Crippen LogP contribution is 2.30. The first-order chi connectivity index (χ1) is 14.1. The Balaban J connectivity index is 1.33. The van der Waals surface area contributed by atoms with E-state index in [0.717, 1.165) is 49.3 Å². The minimum absolute atomic E-state index is 0.0429. The normalized spacial score (nSPS) is 18.1. The molecule has 4 rings (SSSR count). The first-order valence-corrected chi connectivity index (χ1v) is 10.5. The van der Waals surface area contributed by atoms with E-state index in [9.17, 15) is 9.59 Å². The van der Waals surface area contributed by atoms with E-state index in [1.54, 1.807) is 0 Å². The molecule has 1 saturated heterocycles. The van der Waals surface area contributed by atoms with Crippen LogP contribution in [0.1, 0.15) is 37.3 Å². The van der Waals surface area contributed by atoms with Crippen molar-refractivity contribution in [3.05, 3.63) is 53.6 Å². The van der Waals surface area contributed by atoms with Crippen LogP contribution < -0.4 is 10.1 Å². The van der Waals surface area contributed by atoms with Crippen molar-refractivity contribution < 1.29 is 14.3 Å². The van der Waals surface area contributed by atoms with Gasteiger partial charge < -0.3 is 15.0 Å². The Morgan fingerprint density at radius 2 is 1.93 bits per heavy atom. The second kappa shape index (κ2) is 8.68. The molecule has 1 unspecified atom stereocenters. The van der Waals surface area contributed by atoms with Crippen LogP contribution in [0.25, 0.3) is 11.1 Å². The van der Waals surface area contributed by atoms with Gasteiger partial charge in [-0.15, -0.1) is 0 Å². The number of hydrogen-bond acceptors (Lipinski definition) is 3. The minimum atomic E-state index is -0.104. The average Bonchev–Trinajstić information content (AvgIpc) is 3.25. The highest BCUT2D eigenvalue weighted by molar-refractivity contribution is 5.81. The molecular formula is C24H28N2O3. The molecule has 2 amide bonds. The van der Waals surface area contributed by atoms with E-state index in [4.69, 9.17) is 4.74 Å². The number of nitrogens with zero attached hydrogens (tertiary/aromatic N) is 1. The predicted molar refractivity (Wildman–Crippen MR) is 113 cm³/mol. The SMILES string of the molecule is CCC(=O)N1CCCC(C(=O)NCc2ccc(-c3ccc4c(c3)CCO4)cc2)C1. The maximum Gasteiger partial charge on any atom is 0.225 e. The van der Waals surface area contributed by atoms with Gasteiger partial charge in [-0.2, -0.15) is 0 Å². The maximum absolute atomic E-state index is 12.6. The van der Waals surface area contributed by atoms with Crippen molar-refractivity contribution in [1.82, 2.24) is 10.2 Å². The van der Waals surface area contributed by atoms with Gasteiger partial charge in [0.1, 0.15) is 5.75 Å². The van der Waals surface area contributed by atoms with Gasteiger partial charge in [0.15, 0.2) is 0 Å². The van der Waals surface area contributed by atoms with Gasteiger partial charge in [0.2, 0.25) is 11.8 Å². The molecule has 2 aliphatic rings. The number of hydrogen-bond donors (Lipinski definition) is 1. The molecule has 2 heterocycles. The fourth-order valence-corrected chi connectivity index (χ4v) is 4.16. The largest absolute Gasteiger partial charge is 0.493 e. The van der Waals surface area contributed by atoms with E-state index >= 15 is 0 Å². The van der Waals surface area contributed by atoms with Crippen LogP contribution in [-0.2, 0) is 22.6 Å². The average molecular weight is 392 g/mol. The van der Waals surface area contributed by atoms with E-state index in [1.165, 1.54) is 11.1 Å². The van der Waals surface area contributed by atoms with Crippen LogP contribution in [0.15, 0.2) is 42.5 Å². The van der Waals surface area contributed by atoms with Gasteiger partial charge in [0.05, 0.1) is 12.5 Å². The number of carbonyl (C=O) groups is 2. The minimum Gasteiger partial charge on any atom is -0.493 e. The van der Waals surface area contributed by atoms with Crippen LogP contribution in [0.4, 0.5) is 0 Å². The molecule has 152 valence electrons. The molecule has 0 aliphatic carbocycles. The Bertz CT molecular complexity index is 891. The zero-order valence-corrected chi connectivity index (χ0v) is 16.9. The Morgan fingerprint density at radius 3 is 2.72 bits per heavy atom. The number of fused-ring (bicyclic) bond motifs is 1. The molecule has 5 nitrogen and oxygen atoms in total. The summed E-state index contributed by atoms with van der Waals surface area (Å²) >= 11 is 0. The number of rotatable bonds is 5. The van der Waals surface area contributed by atoms with Gasteiger partial charge in [0, 0.05) is 32.5 Å². The molecule has 2 aromatic carbocycles. The summed E-state index contributed by atoms with van der Waals surface area (Å²) in [6.45, 7) is 4.45. The number of likely N-dealkylation sites (tertiary alicyclic amines) is 1. The van der Waals surface area contributed by atoms with Gasteiger partial charge in [-0.25, -0.2) is 0 Å². The summed E-state index contributed by atoms with van der Waals surface area (Å²) in [5.74, 6) is 1.07. The van der Waals surface area contributed by atoms with E-state index in [0.29, 0.717) is 19.5 Å². The number of carbonyl (C=O) groups excluding carboxylic acids is 2. The molecular weight excluding hydrogens is 364 g/mol. The zero-order chi connectivity index (χ0) is 20.2. The molecule has 2 aromatic rings. The molecule has 0 saturated carbocycles. The van der Waals surface area contributed by atoms with E-state index in [1.807, 2.05) is 17.9 Å². The molecule has 0 aromatic heterocycles. The smallest absolute Gasteiger partial charge is 0.225 e. The van der Waals surface area contributed by atoms with Gasteiger partial charge in [-0.1, -0.05) is 37.3 Å². The quantitative estimate of drug-likeness (QED) is 0.847. The van der Waals surface area contributed by atoms with Crippen molar-refractivity contribution in [1.29, 1.82) is 0 Å². The highest BCUT2D eigenvalue weighted by atomic mass is 16.5. The third kappa shape index (κ3) is 4.44. The van der Waals surface area contributed by atoms with Crippen LogP contribution in [0.5, 0.6) is 5.75 Å². The van der Waals surface area contributed by atoms with Gasteiger partial charge in [-0.05, 0) is 47.2 Å². The third-order valence-electron chi connectivity index (χ3n) is 5.89. The first-order valence-electron chi connectivity index (χ1n) is 10.5. The summed E-state index contributed by atoms with van der Waals surface area (Å²) in [6.07, 6.45) is 3.21. The molecule has 5 heteroatoms. The maximum atomic E-state index is 12.6. The summed E-state index contributed by atoms with van der Waals surface area (Å²) in [4.78, 5) is 26.3. The predicted octanol–water partition coefficient (Wildman–Crippen LogP) is 3.55. The third-order valence-corrected chi connectivity index (χ3v) is 5.89. The van der Waals surface area contributed by atoms with E-state index in [-0.39, 0.29) is 17.7 Å². The van der Waals surface area contributed by atoms with Crippen LogP contribution in [-0.4, -0.2) is 36.4 Å². The molecule has 0 radical (unpaired) electrons. The van der Waals surface area contributed by atoms with Crippen LogP contribution in [0, 0.1) is 5.92 Å². The molecule has 29 heavy (non-hydrogen) atoms. The summed E-state index contributed by atoms with van der Waals surface area (Å²) < 4.78 is 5.58. The topological polar surface area (TPSA) is 58.6 Å². The molecule has 0 bridgehead atoms. The van der Waals surface area contributed by atoms with E-state index < -0.39 is 0 Å². The number of piperidine rings is 1. The Hall–Kier alpha value is -2.82. The number of ether oxygens (including phenoxy) is 1. The van der Waals surface area contributed by atoms with Gasteiger partial charge in [-0.3, -0.25) is 9.59 Å². The Labute approximate surface area is 172 Å². The number of benzene rings is 2. The monoisotopic (exact) mass is 392 g/mol. The van der Waals surface area contributed by atoms with Crippen LogP contribution in [0.2, 0.25) is 0 Å². The second-order valence-corrected chi connectivity index (χ2v) is 7.87. The van der Waals surface area contributed by atoms with Gasteiger partial charge >= 0.3 is 0 Å². The Morgan fingerprint density at radius 1 is 1.14 bits per heavy atom. The second-order valence-electron chi connectivity index (χ2n) is 7.87. The van der Waals surface area contributed by atoms with Crippen LogP contribution >= 0.6 is 0 Å². The molecule has 0 spiro atoms. The van der Waals surface area contributed by atoms with E-state index in [2.05, 4.69) is 41.7 Å². The fraction of sp³-hybridized carbons (Fsp3) is 0.417. The zero-order valence-electron chi connectivity index (χ0n) is 16.9. The molecule has 1 atom stereocenters. The molecule has 2 aliphatic heterocycles. The number of nitrogens with one attached hydrogen (secondary N) is 1. The molecule has 1 fully saturated rings. The van der Waals surface area contributed by atoms with Crippen LogP contribution in [0.3, 0.4) is 0 Å². The van der Waals surface area contributed by atoms with Gasteiger partial charge in [0.25, 0.3) is 0 Å². The lowest BCUT2D eigenvalue weighted by Crippen LogP contribution is -2.45. The lowest BCUT2D eigenvalue weighted by Gasteiger charge is -2.31. The summed E-state index contributed by atoms with van der Waals surface area (Å²) in [5, 5.41) is 3.05. The fourth-order valence-electron chi connectivity index (χ4n) is 4.16. The van der Waals surface area contributed by atoms with Crippen molar-refractivity contribution in [3.8, 4) is 16.9 Å². The summed E-state index contributed by atoms with van der Waals surface area (Å²) in [6, 6.07) is 14.7. The summed E-state index contributed by atoms with van der Waals surface area (Å²) in [7, 11) is 0. The van der Waals surface area contributed by atoms with Crippen molar-refractivity contribution >= 4 is 11.8 Å². The number of amides is 2. The highest BCUT2D eigenvalue weighted by Gasteiger charge is 2.27. The Kier molecular flexibility index (Phi) is 5.84. The van der Waals surface area contributed by atoms with Crippen molar-refractivity contribution in [2.75, 3.05) is 19.7 Å². The lowest BCUT2D eigenvalue weighted by atomic mass is 9.96. The van der Waals surface area contributed by atoms with Crippen molar-refractivity contribution in [3.63, 3.8) is 0 Å². The van der Waals surface area contributed by atoms with Crippen molar-refractivity contribution in [2.24, 2.45) is 5.92 Å². The summed E-state index contributed by atoms with van der Waals surface area (Å²) in [5.41, 5.74) is 4.69. The standard InChI is InChI=1S/C24H28N2O3/c1-2-23(27)26-12-3-4-21(16-26)24(28)25-15-17-5-7-18(8-6-17)19-9-10-22-20(14-19)11-13-29-22/h5-10,14,21H,2-4,11-13,15-16H2,1H3,(H,25,28).